The molecule has 0 aliphatic heterocycles. The highest BCUT2D eigenvalue weighted by Gasteiger charge is 2.26. The van der Waals surface area contributed by atoms with Crippen LogP contribution < -0.4 is 5.73 Å². The van der Waals surface area contributed by atoms with E-state index >= 15 is 0 Å². The van der Waals surface area contributed by atoms with Gasteiger partial charge in [-0.2, -0.15) is 13.2 Å². The molecule has 0 spiro atoms. The molecule has 17 heavy (non-hydrogen) atoms. The van der Waals surface area contributed by atoms with Crippen LogP contribution in [0.3, 0.4) is 0 Å². The highest BCUT2D eigenvalue weighted by Crippen LogP contribution is 2.21. The Balaban J connectivity index is 2.35. The van der Waals surface area contributed by atoms with Crippen molar-refractivity contribution in [2.45, 2.75) is 25.6 Å². The van der Waals surface area contributed by atoms with Gasteiger partial charge < -0.3 is 10.6 Å². The number of halogens is 3. The quantitative estimate of drug-likeness (QED) is 0.809. The number of rotatable bonds is 5. The highest BCUT2D eigenvalue weighted by atomic mass is 19.4. The zero-order valence-electron chi connectivity index (χ0n) is 9.80. The molecule has 2 N–H and O–H groups in total. The molecule has 0 unspecified atom stereocenters. The largest absolute Gasteiger partial charge is 0.398 e. The molecule has 96 valence electrons. The molecule has 0 aromatic heterocycles. The van der Waals surface area contributed by atoms with Crippen molar-refractivity contribution >= 4 is 5.69 Å². The molecule has 0 heterocycles. The second-order valence-corrected chi connectivity index (χ2v) is 4.16. The first-order chi connectivity index (χ1) is 7.88. The molecule has 0 aliphatic carbocycles. The molecule has 0 saturated heterocycles. The molecule has 0 amide bonds. The number of anilines is 1. The van der Waals surface area contributed by atoms with Gasteiger partial charge in [-0.3, -0.25) is 0 Å². The van der Waals surface area contributed by atoms with Gasteiger partial charge in [0.2, 0.25) is 0 Å². The van der Waals surface area contributed by atoms with Crippen molar-refractivity contribution in [3.05, 3.63) is 29.8 Å². The van der Waals surface area contributed by atoms with Gasteiger partial charge in [0.25, 0.3) is 0 Å². The Labute approximate surface area is 99.2 Å². The lowest BCUT2D eigenvalue weighted by atomic mass is 10.1. The van der Waals surface area contributed by atoms with Gasteiger partial charge in [-0.05, 0) is 31.6 Å². The summed E-state index contributed by atoms with van der Waals surface area (Å²) < 4.78 is 35.9. The summed E-state index contributed by atoms with van der Waals surface area (Å²) in [4.78, 5) is 1.84. The van der Waals surface area contributed by atoms with Crippen LogP contribution in [0, 0.1) is 0 Å². The molecule has 1 rings (SSSR count). The SMILES string of the molecule is CN(CCCC(F)(F)F)Cc1ccccc1N. The van der Waals surface area contributed by atoms with E-state index in [0.29, 0.717) is 18.8 Å². The minimum Gasteiger partial charge on any atom is -0.398 e. The lowest BCUT2D eigenvalue weighted by molar-refractivity contribution is -0.136. The molecule has 0 atom stereocenters. The molecule has 0 fully saturated rings. The van der Waals surface area contributed by atoms with Crippen molar-refractivity contribution in [3.63, 3.8) is 0 Å². The number of benzene rings is 1. The van der Waals surface area contributed by atoms with E-state index in [2.05, 4.69) is 0 Å². The van der Waals surface area contributed by atoms with Gasteiger partial charge in [-0.15, -0.1) is 0 Å². The highest BCUT2D eigenvalue weighted by molar-refractivity contribution is 5.46. The van der Waals surface area contributed by atoms with Gasteiger partial charge in [-0.1, -0.05) is 18.2 Å². The maximum absolute atomic E-state index is 12.0. The Bertz CT molecular complexity index is 350. The molecule has 0 aliphatic rings. The van der Waals surface area contributed by atoms with Crippen LogP contribution in [-0.4, -0.2) is 24.7 Å². The lowest BCUT2D eigenvalue weighted by Crippen LogP contribution is -2.21. The first kappa shape index (κ1) is 13.8. The third-order valence-electron chi connectivity index (χ3n) is 2.50. The van der Waals surface area contributed by atoms with Crippen LogP contribution in [0.5, 0.6) is 0 Å². The zero-order valence-corrected chi connectivity index (χ0v) is 9.80. The smallest absolute Gasteiger partial charge is 0.389 e. The van der Waals surface area contributed by atoms with Gasteiger partial charge >= 0.3 is 6.18 Å². The average Bonchev–Trinajstić information content (AvgIpc) is 2.19. The number of nitrogens with two attached hydrogens (primary N) is 1. The summed E-state index contributed by atoms with van der Waals surface area (Å²) in [7, 11) is 1.79. The van der Waals surface area contributed by atoms with Gasteiger partial charge in [0, 0.05) is 18.7 Å². The summed E-state index contributed by atoms with van der Waals surface area (Å²) >= 11 is 0. The number of nitrogens with zero attached hydrogens (tertiary/aromatic N) is 1. The summed E-state index contributed by atoms with van der Waals surface area (Å²) in [6.07, 6.45) is -4.68. The molecular formula is C12H17F3N2. The van der Waals surface area contributed by atoms with Crippen molar-refractivity contribution in [3.8, 4) is 0 Å². The average molecular weight is 246 g/mol. The lowest BCUT2D eigenvalue weighted by Gasteiger charge is -2.18. The van der Waals surface area contributed by atoms with Crippen molar-refractivity contribution in [2.75, 3.05) is 19.3 Å². The fourth-order valence-corrected chi connectivity index (χ4v) is 1.60. The fourth-order valence-electron chi connectivity index (χ4n) is 1.60. The Morgan fingerprint density at radius 2 is 1.88 bits per heavy atom. The van der Waals surface area contributed by atoms with Gasteiger partial charge in [0.1, 0.15) is 0 Å². The standard InChI is InChI=1S/C12H17F3N2/c1-17(8-4-7-12(13,14)15)9-10-5-2-3-6-11(10)16/h2-3,5-6H,4,7-9,16H2,1H3. The number of nitrogen functional groups attached to an aromatic ring is 1. The summed E-state index contributed by atoms with van der Waals surface area (Å²) in [5, 5.41) is 0. The van der Waals surface area contributed by atoms with Crippen LogP contribution in [0.2, 0.25) is 0 Å². The molecule has 1 aromatic carbocycles. The Morgan fingerprint density at radius 3 is 2.47 bits per heavy atom. The van der Waals surface area contributed by atoms with E-state index in [1.807, 2.05) is 23.1 Å². The van der Waals surface area contributed by atoms with E-state index < -0.39 is 12.6 Å². The molecular weight excluding hydrogens is 229 g/mol. The van der Waals surface area contributed by atoms with E-state index in [1.165, 1.54) is 0 Å². The normalized spacial score (nSPS) is 12.1. The molecule has 2 nitrogen and oxygen atoms in total. The topological polar surface area (TPSA) is 29.3 Å². The van der Waals surface area contributed by atoms with Crippen LogP contribution in [-0.2, 0) is 6.54 Å². The minimum atomic E-state index is -4.06. The zero-order chi connectivity index (χ0) is 12.9. The summed E-state index contributed by atoms with van der Waals surface area (Å²) in [5.41, 5.74) is 7.38. The molecule has 5 heteroatoms. The molecule has 1 aromatic rings. The van der Waals surface area contributed by atoms with Crippen molar-refractivity contribution in [1.29, 1.82) is 0 Å². The Morgan fingerprint density at radius 1 is 1.24 bits per heavy atom. The number of hydrogen-bond acceptors (Lipinski definition) is 2. The maximum Gasteiger partial charge on any atom is 0.389 e. The predicted octanol–water partition coefficient (Wildman–Crippen LogP) is 3.04. The van der Waals surface area contributed by atoms with Crippen LogP contribution in [0.4, 0.5) is 18.9 Å². The fraction of sp³-hybridized carbons (Fsp3) is 0.500. The Kier molecular flexibility index (Phi) is 4.81. The molecule has 0 bridgehead atoms. The first-order valence-corrected chi connectivity index (χ1v) is 5.47. The maximum atomic E-state index is 12.0. The van der Waals surface area contributed by atoms with Crippen LogP contribution >= 0.6 is 0 Å². The minimum absolute atomic E-state index is 0.118. The molecule has 0 radical (unpaired) electrons. The van der Waals surface area contributed by atoms with Gasteiger partial charge in [0.05, 0.1) is 0 Å². The summed E-state index contributed by atoms with van der Waals surface area (Å²) in [5.74, 6) is 0. The molecule has 0 saturated carbocycles. The monoisotopic (exact) mass is 246 g/mol. The first-order valence-electron chi connectivity index (χ1n) is 5.47. The van der Waals surface area contributed by atoms with Crippen LogP contribution in [0.1, 0.15) is 18.4 Å². The van der Waals surface area contributed by atoms with Crippen LogP contribution in [0.15, 0.2) is 24.3 Å². The van der Waals surface area contributed by atoms with Crippen molar-refractivity contribution in [1.82, 2.24) is 4.90 Å². The van der Waals surface area contributed by atoms with Crippen LogP contribution in [0.25, 0.3) is 0 Å². The van der Waals surface area contributed by atoms with Crippen molar-refractivity contribution in [2.24, 2.45) is 0 Å². The van der Waals surface area contributed by atoms with E-state index in [0.717, 1.165) is 5.56 Å². The predicted molar refractivity (Wildman–Crippen MR) is 62.5 cm³/mol. The van der Waals surface area contributed by atoms with E-state index in [-0.39, 0.29) is 6.42 Å². The second-order valence-electron chi connectivity index (χ2n) is 4.16. The third-order valence-corrected chi connectivity index (χ3v) is 2.50. The summed E-state index contributed by atoms with van der Waals surface area (Å²) in [6, 6.07) is 7.38. The van der Waals surface area contributed by atoms with E-state index in [9.17, 15) is 13.2 Å². The second kappa shape index (κ2) is 5.91. The number of para-hydroxylation sites is 1. The third kappa shape index (κ3) is 5.58. The van der Waals surface area contributed by atoms with Crippen molar-refractivity contribution < 1.29 is 13.2 Å². The van der Waals surface area contributed by atoms with E-state index in [4.69, 9.17) is 5.73 Å². The van der Waals surface area contributed by atoms with Gasteiger partial charge in [0.15, 0.2) is 0 Å². The van der Waals surface area contributed by atoms with Gasteiger partial charge in [-0.25, -0.2) is 0 Å². The number of hydrogen-bond donors (Lipinski definition) is 1. The number of alkyl halides is 3. The van der Waals surface area contributed by atoms with E-state index in [1.54, 1.807) is 13.1 Å². The summed E-state index contributed by atoms with van der Waals surface area (Å²) in [6.45, 7) is 0.984. The Hall–Kier alpha value is -1.23.